The average molecular weight is 227 g/mol. The second kappa shape index (κ2) is 4.85. The summed E-state index contributed by atoms with van der Waals surface area (Å²) in [6.45, 7) is 8.01. The van der Waals surface area contributed by atoms with Gasteiger partial charge in [0.1, 0.15) is 11.9 Å². The van der Waals surface area contributed by atoms with Crippen LogP contribution in [-0.4, -0.2) is 35.5 Å². The third-order valence-electron chi connectivity index (χ3n) is 2.74. The van der Waals surface area contributed by atoms with E-state index in [0.717, 1.165) is 19.1 Å². The Morgan fingerprint density at radius 3 is 2.50 bits per heavy atom. The van der Waals surface area contributed by atoms with Gasteiger partial charge in [-0.15, -0.1) is 0 Å². The van der Waals surface area contributed by atoms with E-state index in [1.165, 1.54) is 0 Å². The van der Waals surface area contributed by atoms with Crippen molar-refractivity contribution in [1.82, 2.24) is 4.90 Å². The summed E-state index contributed by atoms with van der Waals surface area (Å²) in [5.41, 5.74) is -0.481. The highest BCUT2D eigenvalue weighted by Crippen LogP contribution is 2.22. The normalized spacial score (nSPS) is 26.4. The highest BCUT2D eigenvalue weighted by molar-refractivity contribution is 5.69. The molecule has 0 aromatic rings. The third kappa shape index (κ3) is 3.51. The Labute approximate surface area is 96.9 Å². The lowest BCUT2D eigenvalue weighted by atomic mass is 9.95. The Morgan fingerprint density at radius 2 is 2.00 bits per heavy atom. The lowest BCUT2D eigenvalue weighted by Crippen LogP contribution is -2.47. The number of hydrogen-bond acceptors (Lipinski definition) is 3. The van der Waals surface area contributed by atoms with E-state index in [4.69, 9.17) is 4.74 Å². The Balaban J connectivity index is 2.62. The second-order valence-corrected chi connectivity index (χ2v) is 5.46. The molecule has 1 amide bonds. The van der Waals surface area contributed by atoms with Crippen LogP contribution in [-0.2, 0) is 9.53 Å². The van der Waals surface area contributed by atoms with Crippen LogP contribution in [0.1, 0.15) is 40.5 Å². The Kier molecular flexibility index (Phi) is 3.94. The van der Waals surface area contributed by atoms with Gasteiger partial charge in [-0.25, -0.2) is 4.79 Å². The van der Waals surface area contributed by atoms with Crippen LogP contribution in [0.4, 0.5) is 4.79 Å². The van der Waals surface area contributed by atoms with Crippen molar-refractivity contribution in [3.8, 4) is 0 Å². The summed E-state index contributed by atoms with van der Waals surface area (Å²) >= 11 is 0. The van der Waals surface area contributed by atoms with Crippen molar-refractivity contribution in [2.45, 2.75) is 52.2 Å². The van der Waals surface area contributed by atoms with Crippen LogP contribution in [0.25, 0.3) is 0 Å². The van der Waals surface area contributed by atoms with E-state index >= 15 is 0 Å². The molecule has 4 heteroatoms. The topological polar surface area (TPSA) is 46.6 Å². The molecule has 0 saturated carbocycles. The molecule has 0 radical (unpaired) electrons. The first-order chi connectivity index (χ1) is 7.33. The molecule has 0 bridgehead atoms. The Morgan fingerprint density at radius 1 is 1.38 bits per heavy atom. The molecule has 0 aromatic heterocycles. The van der Waals surface area contributed by atoms with Gasteiger partial charge in [-0.3, -0.25) is 0 Å². The van der Waals surface area contributed by atoms with Gasteiger partial charge in [0.2, 0.25) is 0 Å². The molecule has 1 rings (SSSR count). The fourth-order valence-electron chi connectivity index (χ4n) is 1.82. The highest BCUT2D eigenvalue weighted by Gasteiger charge is 2.31. The summed E-state index contributed by atoms with van der Waals surface area (Å²) in [5, 5.41) is 0. The van der Waals surface area contributed by atoms with Crippen LogP contribution in [0.2, 0.25) is 0 Å². The predicted octanol–water partition coefficient (Wildman–Crippen LogP) is 2.22. The number of ether oxygens (including phenoxy) is 1. The monoisotopic (exact) mass is 227 g/mol. The molecule has 0 unspecified atom stereocenters. The molecule has 4 nitrogen and oxygen atoms in total. The molecule has 2 atom stereocenters. The standard InChI is InChI=1S/C12H21NO3/c1-9-5-6-10(8-14)7-13(9)11(15)16-12(2,3)4/h8-10H,5-7H2,1-4H3/t9-,10-/m0/s1. The number of hydrogen-bond donors (Lipinski definition) is 0. The van der Waals surface area contributed by atoms with Gasteiger partial charge in [0.25, 0.3) is 0 Å². The first-order valence-electron chi connectivity index (χ1n) is 5.78. The van der Waals surface area contributed by atoms with E-state index in [1.54, 1.807) is 4.90 Å². The van der Waals surface area contributed by atoms with Crippen LogP contribution in [0, 0.1) is 5.92 Å². The van der Waals surface area contributed by atoms with Gasteiger partial charge in [-0.05, 0) is 40.5 Å². The molecule has 16 heavy (non-hydrogen) atoms. The maximum atomic E-state index is 11.9. The lowest BCUT2D eigenvalue weighted by molar-refractivity contribution is -0.112. The maximum Gasteiger partial charge on any atom is 0.410 e. The number of carbonyl (C=O) groups excluding carboxylic acids is 2. The Hall–Kier alpha value is -1.06. The van der Waals surface area contributed by atoms with Gasteiger partial charge in [0, 0.05) is 18.5 Å². The molecule has 1 fully saturated rings. The van der Waals surface area contributed by atoms with E-state index in [9.17, 15) is 9.59 Å². The van der Waals surface area contributed by atoms with Crippen LogP contribution in [0.5, 0.6) is 0 Å². The summed E-state index contributed by atoms with van der Waals surface area (Å²) in [6.07, 6.45) is 2.35. The van der Waals surface area contributed by atoms with Crippen molar-refractivity contribution in [2.24, 2.45) is 5.92 Å². The molecule has 0 N–H and O–H groups in total. The zero-order valence-electron chi connectivity index (χ0n) is 10.5. The lowest BCUT2D eigenvalue weighted by Gasteiger charge is -2.37. The van der Waals surface area contributed by atoms with E-state index in [-0.39, 0.29) is 18.1 Å². The zero-order chi connectivity index (χ0) is 12.3. The Bertz CT molecular complexity index is 270. The predicted molar refractivity (Wildman–Crippen MR) is 61.2 cm³/mol. The molecule has 1 saturated heterocycles. The molecule has 1 aliphatic heterocycles. The van der Waals surface area contributed by atoms with Crippen LogP contribution >= 0.6 is 0 Å². The minimum atomic E-state index is -0.481. The molecule has 1 aliphatic rings. The van der Waals surface area contributed by atoms with Gasteiger partial charge in [0.05, 0.1) is 0 Å². The summed E-state index contributed by atoms with van der Waals surface area (Å²) in [4.78, 5) is 24.3. The largest absolute Gasteiger partial charge is 0.444 e. The number of aldehydes is 1. The quantitative estimate of drug-likeness (QED) is 0.645. The van der Waals surface area contributed by atoms with Gasteiger partial charge < -0.3 is 14.4 Å². The summed E-state index contributed by atoms with van der Waals surface area (Å²) in [5.74, 6) is -0.0382. The van der Waals surface area contributed by atoms with Gasteiger partial charge in [-0.1, -0.05) is 0 Å². The average Bonchev–Trinajstić information content (AvgIpc) is 2.15. The minimum Gasteiger partial charge on any atom is -0.444 e. The number of nitrogens with zero attached hydrogens (tertiary/aromatic N) is 1. The van der Waals surface area contributed by atoms with Gasteiger partial charge in [0.15, 0.2) is 0 Å². The first-order valence-corrected chi connectivity index (χ1v) is 5.78. The van der Waals surface area contributed by atoms with E-state index in [2.05, 4.69) is 0 Å². The van der Waals surface area contributed by atoms with Crippen LogP contribution < -0.4 is 0 Å². The number of carbonyl (C=O) groups is 2. The molecule has 1 heterocycles. The highest BCUT2D eigenvalue weighted by atomic mass is 16.6. The SMILES string of the molecule is C[C@H]1CC[C@H](C=O)CN1C(=O)OC(C)(C)C. The fraction of sp³-hybridized carbons (Fsp3) is 0.833. The first kappa shape index (κ1) is 13.0. The van der Waals surface area contributed by atoms with Crippen molar-refractivity contribution >= 4 is 12.4 Å². The van der Waals surface area contributed by atoms with Crippen molar-refractivity contribution < 1.29 is 14.3 Å². The summed E-state index contributed by atoms with van der Waals surface area (Å²) in [7, 11) is 0. The molecule has 92 valence electrons. The number of rotatable bonds is 1. The third-order valence-corrected chi connectivity index (χ3v) is 2.74. The van der Waals surface area contributed by atoms with E-state index in [1.807, 2.05) is 27.7 Å². The summed E-state index contributed by atoms with van der Waals surface area (Å²) < 4.78 is 5.31. The minimum absolute atomic E-state index is 0.0382. The number of likely N-dealkylation sites (tertiary alicyclic amines) is 1. The second-order valence-electron chi connectivity index (χ2n) is 5.46. The molecular weight excluding hydrogens is 206 g/mol. The molecule has 0 aromatic carbocycles. The van der Waals surface area contributed by atoms with Gasteiger partial charge >= 0.3 is 6.09 Å². The van der Waals surface area contributed by atoms with Gasteiger partial charge in [-0.2, -0.15) is 0 Å². The summed E-state index contributed by atoms with van der Waals surface area (Å²) in [6, 6.07) is 0.158. The maximum absolute atomic E-state index is 11.9. The van der Waals surface area contributed by atoms with Crippen molar-refractivity contribution in [3.63, 3.8) is 0 Å². The van der Waals surface area contributed by atoms with Crippen LogP contribution in [0.3, 0.4) is 0 Å². The van der Waals surface area contributed by atoms with Crippen LogP contribution in [0.15, 0.2) is 0 Å². The number of piperidine rings is 1. The number of amides is 1. The molecular formula is C12H21NO3. The molecule has 0 aliphatic carbocycles. The van der Waals surface area contributed by atoms with E-state index in [0.29, 0.717) is 6.54 Å². The van der Waals surface area contributed by atoms with Crippen molar-refractivity contribution in [1.29, 1.82) is 0 Å². The smallest absolute Gasteiger partial charge is 0.410 e. The van der Waals surface area contributed by atoms with Crippen molar-refractivity contribution in [3.05, 3.63) is 0 Å². The molecule has 0 spiro atoms. The van der Waals surface area contributed by atoms with E-state index < -0.39 is 5.60 Å². The van der Waals surface area contributed by atoms with Crippen molar-refractivity contribution in [2.75, 3.05) is 6.54 Å². The fourth-order valence-corrected chi connectivity index (χ4v) is 1.82. The zero-order valence-corrected chi connectivity index (χ0v) is 10.5.